The Bertz CT molecular complexity index is 443. The molecule has 5 heteroatoms. The van der Waals surface area contributed by atoms with Crippen LogP contribution in [0.15, 0.2) is 18.2 Å². The van der Waals surface area contributed by atoms with Crippen LogP contribution >= 0.6 is 0 Å². The zero-order chi connectivity index (χ0) is 12.9. The van der Waals surface area contributed by atoms with Crippen molar-refractivity contribution in [2.45, 2.75) is 19.5 Å². The van der Waals surface area contributed by atoms with E-state index in [-0.39, 0.29) is 11.4 Å². The molecule has 0 amide bonds. The molecule has 0 spiro atoms. The van der Waals surface area contributed by atoms with E-state index in [1.54, 1.807) is 6.92 Å². The predicted molar refractivity (Wildman–Crippen MR) is 59.4 cm³/mol. The molecule has 0 aliphatic carbocycles. The first kappa shape index (κ1) is 13.2. The third-order valence-corrected chi connectivity index (χ3v) is 2.00. The van der Waals surface area contributed by atoms with Crippen molar-refractivity contribution in [1.82, 2.24) is 0 Å². The van der Waals surface area contributed by atoms with Gasteiger partial charge in [-0.1, -0.05) is 0 Å². The molecule has 0 aliphatic rings. The summed E-state index contributed by atoms with van der Waals surface area (Å²) < 4.78 is 42.2. The Labute approximate surface area is 97.6 Å². The molecule has 0 bridgehead atoms. The van der Waals surface area contributed by atoms with Gasteiger partial charge in [0.05, 0.1) is 17.9 Å². The number of anilines is 1. The van der Waals surface area contributed by atoms with Crippen molar-refractivity contribution in [3.63, 3.8) is 0 Å². The summed E-state index contributed by atoms with van der Waals surface area (Å²) in [6.07, 6.45) is -3.88. The molecule has 0 aliphatic heterocycles. The first-order valence-electron chi connectivity index (χ1n) is 4.94. The van der Waals surface area contributed by atoms with E-state index in [9.17, 15) is 13.2 Å². The first-order valence-corrected chi connectivity index (χ1v) is 4.94. The lowest BCUT2D eigenvalue weighted by Crippen LogP contribution is -2.07. The van der Waals surface area contributed by atoms with Crippen LogP contribution in [-0.4, -0.2) is 6.61 Å². The molecule has 2 N–H and O–H groups in total. The summed E-state index contributed by atoms with van der Waals surface area (Å²) in [6.45, 7) is 2.00. The molecule has 0 atom stereocenters. The molecular formula is C12H12F3NO. The quantitative estimate of drug-likeness (QED) is 0.503. The van der Waals surface area contributed by atoms with Gasteiger partial charge in [0, 0.05) is 6.42 Å². The molecule has 0 unspecified atom stereocenters. The fraction of sp³-hybridized carbons (Fsp3) is 0.333. The van der Waals surface area contributed by atoms with Crippen molar-refractivity contribution in [3.05, 3.63) is 23.8 Å². The number of rotatable bonds is 3. The maximum absolute atomic E-state index is 12.3. The summed E-state index contributed by atoms with van der Waals surface area (Å²) >= 11 is 0. The SMILES string of the molecule is CC#CCCOc1ccc(C(F)(F)F)cc1N. The Hall–Kier alpha value is -1.83. The van der Waals surface area contributed by atoms with Crippen LogP contribution in [0.25, 0.3) is 0 Å². The zero-order valence-electron chi connectivity index (χ0n) is 9.27. The lowest BCUT2D eigenvalue weighted by Gasteiger charge is -2.11. The normalized spacial score (nSPS) is 10.6. The molecular weight excluding hydrogens is 231 g/mol. The Kier molecular flexibility index (Phi) is 4.27. The van der Waals surface area contributed by atoms with Gasteiger partial charge in [0.15, 0.2) is 0 Å². The zero-order valence-corrected chi connectivity index (χ0v) is 9.27. The summed E-state index contributed by atoms with van der Waals surface area (Å²) in [6, 6.07) is 3.02. The van der Waals surface area contributed by atoms with Crippen LogP contribution in [0.4, 0.5) is 18.9 Å². The number of hydrogen-bond acceptors (Lipinski definition) is 2. The van der Waals surface area contributed by atoms with Crippen molar-refractivity contribution < 1.29 is 17.9 Å². The number of nitrogens with two attached hydrogens (primary N) is 1. The smallest absolute Gasteiger partial charge is 0.416 e. The molecule has 2 nitrogen and oxygen atoms in total. The highest BCUT2D eigenvalue weighted by Crippen LogP contribution is 2.33. The molecule has 92 valence electrons. The minimum Gasteiger partial charge on any atom is -0.490 e. The van der Waals surface area contributed by atoms with Crippen molar-refractivity contribution in [1.29, 1.82) is 0 Å². The van der Waals surface area contributed by atoms with E-state index in [0.29, 0.717) is 13.0 Å². The largest absolute Gasteiger partial charge is 0.490 e. The van der Waals surface area contributed by atoms with Crippen LogP contribution in [0.2, 0.25) is 0 Å². The highest BCUT2D eigenvalue weighted by atomic mass is 19.4. The van der Waals surface area contributed by atoms with Crippen molar-refractivity contribution in [2.24, 2.45) is 0 Å². The molecule has 0 saturated heterocycles. The van der Waals surface area contributed by atoms with Gasteiger partial charge in [-0.2, -0.15) is 13.2 Å². The van der Waals surface area contributed by atoms with E-state index < -0.39 is 11.7 Å². The second-order valence-corrected chi connectivity index (χ2v) is 3.28. The summed E-state index contributed by atoms with van der Waals surface area (Å²) in [7, 11) is 0. The minimum atomic E-state index is -4.39. The fourth-order valence-corrected chi connectivity index (χ4v) is 1.19. The first-order chi connectivity index (χ1) is 7.95. The Morgan fingerprint density at radius 1 is 1.35 bits per heavy atom. The third kappa shape index (κ3) is 3.91. The molecule has 0 radical (unpaired) electrons. The van der Waals surface area contributed by atoms with Crippen LogP contribution in [0.5, 0.6) is 5.75 Å². The number of alkyl halides is 3. The average molecular weight is 243 g/mol. The maximum Gasteiger partial charge on any atom is 0.416 e. The second kappa shape index (κ2) is 5.48. The summed E-state index contributed by atoms with van der Waals surface area (Å²) in [5.41, 5.74) is 4.67. The van der Waals surface area contributed by atoms with Gasteiger partial charge in [0.1, 0.15) is 5.75 Å². The van der Waals surface area contributed by atoms with Crippen LogP contribution in [0.3, 0.4) is 0 Å². The van der Waals surface area contributed by atoms with E-state index in [1.807, 2.05) is 0 Å². The van der Waals surface area contributed by atoms with Gasteiger partial charge in [-0.25, -0.2) is 0 Å². The third-order valence-electron chi connectivity index (χ3n) is 2.00. The van der Waals surface area contributed by atoms with Gasteiger partial charge >= 0.3 is 6.18 Å². The summed E-state index contributed by atoms with van der Waals surface area (Å²) in [5, 5.41) is 0. The van der Waals surface area contributed by atoms with Gasteiger partial charge in [-0.05, 0) is 25.1 Å². The lowest BCUT2D eigenvalue weighted by molar-refractivity contribution is -0.137. The lowest BCUT2D eigenvalue weighted by atomic mass is 10.2. The minimum absolute atomic E-state index is 0.0238. The maximum atomic E-state index is 12.3. The molecule has 0 saturated carbocycles. The predicted octanol–water partition coefficient (Wildman–Crippen LogP) is 3.08. The highest BCUT2D eigenvalue weighted by molar-refractivity contribution is 5.54. The number of hydrogen-bond donors (Lipinski definition) is 1. The Morgan fingerprint density at radius 2 is 2.06 bits per heavy atom. The van der Waals surface area contributed by atoms with Crippen LogP contribution in [0, 0.1) is 11.8 Å². The van der Waals surface area contributed by atoms with Crippen molar-refractivity contribution in [2.75, 3.05) is 12.3 Å². The number of halogens is 3. The van der Waals surface area contributed by atoms with Gasteiger partial charge in [-0.3, -0.25) is 0 Å². The average Bonchev–Trinajstić information content (AvgIpc) is 2.24. The summed E-state index contributed by atoms with van der Waals surface area (Å²) in [5.74, 6) is 5.71. The highest BCUT2D eigenvalue weighted by Gasteiger charge is 2.30. The number of nitrogen functional groups attached to an aromatic ring is 1. The molecule has 0 fully saturated rings. The van der Waals surface area contributed by atoms with Gasteiger partial charge < -0.3 is 10.5 Å². The fourth-order valence-electron chi connectivity index (χ4n) is 1.19. The van der Waals surface area contributed by atoms with Crippen LogP contribution < -0.4 is 10.5 Å². The van der Waals surface area contributed by atoms with E-state index in [4.69, 9.17) is 10.5 Å². The van der Waals surface area contributed by atoms with E-state index >= 15 is 0 Å². The Balaban J connectivity index is 2.72. The Morgan fingerprint density at radius 3 is 2.59 bits per heavy atom. The standard InChI is InChI=1S/C12H12F3NO/c1-2-3-4-7-17-11-6-5-9(8-10(11)16)12(13,14)15/h5-6,8H,4,7,16H2,1H3. The van der Waals surface area contributed by atoms with Gasteiger partial charge in [0.2, 0.25) is 0 Å². The van der Waals surface area contributed by atoms with Gasteiger partial charge in [0.25, 0.3) is 0 Å². The topological polar surface area (TPSA) is 35.2 Å². The molecule has 1 aromatic carbocycles. The molecule has 1 rings (SSSR count). The molecule has 1 aromatic rings. The molecule has 0 aromatic heterocycles. The van der Waals surface area contributed by atoms with Crippen molar-refractivity contribution in [3.8, 4) is 17.6 Å². The van der Waals surface area contributed by atoms with Crippen molar-refractivity contribution >= 4 is 5.69 Å². The van der Waals surface area contributed by atoms with E-state index in [2.05, 4.69) is 11.8 Å². The van der Waals surface area contributed by atoms with Gasteiger partial charge in [-0.15, -0.1) is 11.8 Å². The molecule has 0 heterocycles. The van der Waals surface area contributed by atoms with E-state index in [0.717, 1.165) is 12.1 Å². The van der Waals surface area contributed by atoms with Crippen LogP contribution in [-0.2, 0) is 6.18 Å². The number of ether oxygens (including phenoxy) is 1. The second-order valence-electron chi connectivity index (χ2n) is 3.28. The molecule has 17 heavy (non-hydrogen) atoms. The monoisotopic (exact) mass is 243 g/mol. The van der Waals surface area contributed by atoms with Crippen LogP contribution in [0.1, 0.15) is 18.9 Å². The summed E-state index contributed by atoms with van der Waals surface area (Å²) in [4.78, 5) is 0. The number of benzene rings is 1. The van der Waals surface area contributed by atoms with E-state index in [1.165, 1.54) is 6.07 Å².